The molecular formula is C13H15F3O3. The number of hydrogen-bond donors (Lipinski definition) is 1. The summed E-state index contributed by atoms with van der Waals surface area (Å²) in [6.07, 6.45) is -4.21. The molecule has 0 spiro atoms. The monoisotopic (exact) mass is 276 g/mol. The van der Waals surface area contributed by atoms with Crippen molar-refractivity contribution in [1.29, 1.82) is 0 Å². The van der Waals surface area contributed by atoms with Gasteiger partial charge in [0.1, 0.15) is 5.75 Å². The average molecular weight is 276 g/mol. The lowest BCUT2D eigenvalue weighted by molar-refractivity contribution is -0.147. The van der Waals surface area contributed by atoms with Gasteiger partial charge in [0.15, 0.2) is 0 Å². The maximum absolute atomic E-state index is 12.5. The predicted octanol–water partition coefficient (Wildman–Crippen LogP) is 3.59. The number of halogens is 3. The normalized spacial score (nSPS) is 12.3. The third kappa shape index (κ3) is 4.46. The summed E-state index contributed by atoms with van der Waals surface area (Å²) >= 11 is 0. The Balaban J connectivity index is 2.62. The number of rotatable bonds is 5. The molecule has 106 valence electrons. The molecule has 0 unspecified atom stereocenters. The zero-order valence-electron chi connectivity index (χ0n) is 10.6. The van der Waals surface area contributed by atoms with Gasteiger partial charge in [-0.2, -0.15) is 13.2 Å². The third-order valence-corrected chi connectivity index (χ3v) is 2.74. The second-order valence-electron chi connectivity index (χ2n) is 4.81. The van der Waals surface area contributed by atoms with E-state index in [2.05, 4.69) is 0 Å². The number of ether oxygens (including phenoxy) is 1. The minimum absolute atomic E-state index is 0.0423. The molecule has 0 aromatic heterocycles. The Labute approximate surface area is 109 Å². The van der Waals surface area contributed by atoms with Crippen LogP contribution < -0.4 is 4.74 Å². The topological polar surface area (TPSA) is 46.5 Å². The second kappa shape index (κ2) is 5.50. The van der Waals surface area contributed by atoms with Crippen LogP contribution in [0.5, 0.6) is 5.75 Å². The summed E-state index contributed by atoms with van der Waals surface area (Å²) in [5, 5.41) is 8.88. The first-order valence-electron chi connectivity index (χ1n) is 5.66. The Bertz CT molecular complexity index is 453. The van der Waals surface area contributed by atoms with Crippen LogP contribution in [0, 0.1) is 5.41 Å². The minimum atomic E-state index is -4.42. The van der Waals surface area contributed by atoms with Crippen LogP contribution in [-0.2, 0) is 11.0 Å². The standard InChI is InChI=1S/C13H15F3O3/c1-12(2,11(17)18)6-7-19-10-5-3-4-9(8-10)13(14,15)16/h3-5,8H,6-7H2,1-2H3,(H,17,18). The Morgan fingerprint density at radius 3 is 2.47 bits per heavy atom. The number of carboxylic acid groups (broad SMARTS) is 1. The molecule has 19 heavy (non-hydrogen) atoms. The zero-order chi connectivity index (χ0) is 14.7. The van der Waals surface area contributed by atoms with Crippen molar-refractivity contribution in [1.82, 2.24) is 0 Å². The molecule has 0 amide bonds. The molecule has 1 rings (SSSR count). The van der Waals surface area contributed by atoms with Crippen molar-refractivity contribution in [2.24, 2.45) is 5.41 Å². The van der Waals surface area contributed by atoms with Gasteiger partial charge in [-0.1, -0.05) is 6.07 Å². The molecule has 0 aliphatic carbocycles. The third-order valence-electron chi connectivity index (χ3n) is 2.74. The Hall–Kier alpha value is -1.72. The van der Waals surface area contributed by atoms with Crippen LogP contribution in [0.25, 0.3) is 0 Å². The number of carbonyl (C=O) groups is 1. The smallest absolute Gasteiger partial charge is 0.416 e. The maximum Gasteiger partial charge on any atom is 0.416 e. The summed E-state index contributed by atoms with van der Waals surface area (Å²) in [5.74, 6) is -0.892. The van der Waals surface area contributed by atoms with E-state index < -0.39 is 23.1 Å². The lowest BCUT2D eigenvalue weighted by Crippen LogP contribution is -2.25. The molecule has 1 aromatic rings. The highest BCUT2D eigenvalue weighted by Gasteiger charge is 2.31. The average Bonchev–Trinajstić information content (AvgIpc) is 2.28. The SMILES string of the molecule is CC(C)(CCOc1cccc(C(F)(F)F)c1)C(=O)O. The fraction of sp³-hybridized carbons (Fsp3) is 0.462. The highest BCUT2D eigenvalue weighted by atomic mass is 19.4. The molecular weight excluding hydrogens is 261 g/mol. The molecule has 6 heteroatoms. The van der Waals surface area contributed by atoms with E-state index in [1.807, 2.05) is 0 Å². The first-order chi connectivity index (χ1) is 8.63. The molecule has 0 fully saturated rings. The van der Waals surface area contributed by atoms with E-state index in [0.717, 1.165) is 12.1 Å². The number of carboxylic acids is 1. The van der Waals surface area contributed by atoms with Gasteiger partial charge in [-0.05, 0) is 38.5 Å². The molecule has 0 bridgehead atoms. The Morgan fingerprint density at radius 1 is 1.32 bits per heavy atom. The lowest BCUT2D eigenvalue weighted by Gasteiger charge is -2.19. The summed E-state index contributed by atoms with van der Waals surface area (Å²) in [7, 11) is 0. The molecule has 0 aliphatic rings. The van der Waals surface area contributed by atoms with Crippen LogP contribution >= 0.6 is 0 Å². The molecule has 0 saturated heterocycles. The van der Waals surface area contributed by atoms with E-state index in [9.17, 15) is 18.0 Å². The van der Waals surface area contributed by atoms with Crippen LogP contribution in [-0.4, -0.2) is 17.7 Å². The van der Waals surface area contributed by atoms with Crippen molar-refractivity contribution in [2.75, 3.05) is 6.61 Å². The van der Waals surface area contributed by atoms with Crippen molar-refractivity contribution >= 4 is 5.97 Å². The Kier molecular flexibility index (Phi) is 4.44. The maximum atomic E-state index is 12.5. The molecule has 1 N–H and O–H groups in total. The van der Waals surface area contributed by atoms with Crippen molar-refractivity contribution in [3.63, 3.8) is 0 Å². The van der Waals surface area contributed by atoms with Crippen molar-refractivity contribution < 1.29 is 27.8 Å². The second-order valence-corrected chi connectivity index (χ2v) is 4.81. The van der Waals surface area contributed by atoms with Gasteiger partial charge in [-0.15, -0.1) is 0 Å². The first-order valence-corrected chi connectivity index (χ1v) is 5.66. The first kappa shape index (κ1) is 15.3. The number of benzene rings is 1. The van der Waals surface area contributed by atoms with Gasteiger partial charge in [0.05, 0.1) is 17.6 Å². The van der Waals surface area contributed by atoms with Crippen LogP contribution in [0.1, 0.15) is 25.8 Å². The quantitative estimate of drug-likeness (QED) is 0.894. The van der Waals surface area contributed by atoms with E-state index in [1.54, 1.807) is 0 Å². The van der Waals surface area contributed by atoms with Crippen molar-refractivity contribution in [3.8, 4) is 5.75 Å². The fourth-order valence-electron chi connectivity index (χ4n) is 1.29. The summed E-state index contributed by atoms with van der Waals surface area (Å²) < 4.78 is 42.5. The van der Waals surface area contributed by atoms with E-state index in [-0.39, 0.29) is 18.8 Å². The van der Waals surface area contributed by atoms with Gasteiger partial charge in [0.2, 0.25) is 0 Å². The van der Waals surface area contributed by atoms with Crippen molar-refractivity contribution in [3.05, 3.63) is 29.8 Å². The number of alkyl halides is 3. The molecule has 0 heterocycles. The highest BCUT2D eigenvalue weighted by molar-refractivity contribution is 5.73. The number of aliphatic carboxylic acids is 1. The molecule has 0 aliphatic heterocycles. The van der Waals surface area contributed by atoms with Crippen LogP contribution in [0.15, 0.2) is 24.3 Å². The summed E-state index contributed by atoms with van der Waals surface area (Å²) in [6, 6.07) is 4.51. The van der Waals surface area contributed by atoms with E-state index in [1.165, 1.54) is 26.0 Å². The molecule has 0 atom stereocenters. The van der Waals surface area contributed by atoms with Crippen LogP contribution in [0.4, 0.5) is 13.2 Å². The molecule has 0 radical (unpaired) electrons. The molecule has 3 nitrogen and oxygen atoms in total. The summed E-state index contributed by atoms with van der Waals surface area (Å²) in [4.78, 5) is 10.8. The lowest BCUT2D eigenvalue weighted by atomic mass is 9.90. The number of hydrogen-bond acceptors (Lipinski definition) is 2. The molecule has 1 aromatic carbocycles. The zero-order valence-corrected chi connectivity index (χ0v) is 10.6. The highest BCUT2D eigenvalue weighted by Crippen LogP contribution is 2.31. The van der Waals surface area contributed by atoms with Gasteiger partial charge in [-0.3, -0.25) is 4.79 Å². The van der Waals surface area contributed by atoms with Crippen molar-refractivity contribution in [2.45, 2.75) is 26.4 Å². The van der Waals surface area contributed by atoms with E-state index >= 15 is 0 Å². The minimum Gasteiger partial charge on any atom is -0.494 e. The van der Waals surface area contributed by atoms with E-state index in [4.69, 9.17) is 9.84 Å². The van der Waals surface area contributed by atoms with E-state index in [0.29, 0.717) is 0 Å². The predicted molar refractivity (Wildman–Crippen MR) is 63.0 cm³/mol. The summed E-state index contributed by atoms with van der Waals surface area (Å²) in [5.41, 5.74) is -1.76. The van der Waals surface area contributed by atoms with Gasteiger partial charge >= 0.3 is 12.1 Å². The van der Waals surface area contributed by atoms with Gasteiger partial charge in [0.25, 0.3) is 0 Å². The Morgan fingerprint density at radius 2 is 1.95 bits per heavy atom. The van der Waals surface area contributed by atoms with Crippen LogP contribution in [0.2, 0.25) is 0 Å². The summed E-state index contributed by atoms with van der Waals surface area (Å²) in [6.45, 7) is 3.11. The van der Waals surface area contributed by atoms with Gasteiger partial charge in [0, 0.05) is 0 Å². The van der Waals surface area contributed by atoms with Gasteiger partial charge in [-0.25, -0.2) is 0 Å². The molecule has 0 saturated carbocycles. The van der Waals surface area contributed by atoms with Gasteiger partial charge < -0.3 is 9.84 Å². The fourth-order valence-corrected chi connectivity index (χ4v) is 1.29. The van der Waals surface area contributed by atoms with Crippen LogP contribution in [0.3, 0.4) is 0 Å². The largest absolute Gasteiger partial charge is 0.494 e.